The summed E-state index contributed by atoms with van der Waals surface area (Å²) in [6, 6.07) is 4.42. The van der Waals surface area contributed by atoms with Crippen molar-refractivity contribution in [1.82, 2.24) is 4.90 Å². The number of likely N-dealkylation sites (tertiary alicyclic amines) is 1. The Labute approximate surface area is 132 Å². The quantitative estimate of drug-likeness (QED) is 0.854. The SMILES string of the molecule is COCC1CCN(C(=O)c2ccc(Br)c(S(N)(=O)=O)c2)C1. The van der Waals surface area contributed by atoms with E-state index in [0.29, 0.717) is 35.7 Å². The second-order valence-corrected chi connectivity index (χ2v) is 7.44. The molecule has 0 aliphatic carbocycles. The van der Waals surface area contributed by atoms with Gasteiger partial charge in [-0.05, 0) is 40.5 Å². The van der Waals surface area contributed by atoms with Crippen molar-refractivity contribution in [2.24, 2.45) is 11.1 Å². The molecule has 1 saturated heterocycles. The molecule has 2 rings (SSSR count). The number of sulfonamides is 1. The van der Waals surface area contributed by atoms with Crippen LogP contribution in [0.25, 0.3) is 0 Å². The molecule has 2 N–H and O–H groups in total. The van der Waals surface area contributed by atoms with E-state index in [-0.39, 0.29) is 10.8 Å². The van der Waals surface area contributed by atoms with Gasteiger partial charge >= 0.3 is 0 Å². The Hall–Kier alpha value is -0.960. The van der Waals surface area contributed by atoms with Crippen molar-refractivity contribution in [2.75, 3.05) is 26.8 Å². The lowest BCUT2D eigenvalue weighted by molar-refractivity contribution is 0.0775. The summed E-state index contributed by atoms with van der Waals surface area (Å²) in [4.78, 5) is 14.0. The summed E-state index contributed by atoms with van der Waals surface area (Å²) in [5.74, 6) is 0.137. The van der Waals surface area contributed by atoms with Crippen molar-refractivity contribution in [1.29, 1.82) is 0 Å². The minimum atomic E-state index is -3.87. The Morgan fingerprint density at radius 1 is 1.52 bits per heavy atom. The standard InChI is InChI=1S/C13H17BrN2O4S/c1-20-8-9-4-5-16(7-9)13(17)10-2-3-11(14)12(6-10)21(15,18)19/h2-3,6,9H,4-5,7-8H2,1H3,(H2,15,18,19). The van der Waals surface area contributed by atoms with Crippen LogP contribution in [0.3, 0.4) is 0 Å². The normalized spacial score (nSPS) is 19.0. The molecule has 1 aromatic carbocycles. The molecular weight excluding hydrogens is 360 g/mol. The number of halogens is 1. The molecule has 0 radical (unpaired) electrons. The number of primary sulfonamides is 1. The van der Waals surface area contributed by atoms with E-state index < -0.39 is 10.0 Å². The van der Waals surface area contributed by atoms with Crippen LogP contribution in [0.1, 0.15) is 16.8 Å². The minimum absolute atomic E-state index is 0.0824. The van der Waals surface area contributed by atoms with Crippen LogP contribution in [-0.2, 0) is 14.8 Å². The minimum Gasteiger partial charge on any atom is -0.384 e. The van der Waals surface area contributed by atoms with Gasteiger partial charge in [0.05, 0.1) is 11.5 Å². The summed E-state index contributed by atoms with van der Waals surface area (Å²) in [5, 5.41) is 5.14. The number of ether oxygens (including phenoxy) is 1. The average Bonchev–Trinajstić information content (AvgIpc) is 2.86. The third-order valence-corrected chi connectivity index (χ3v) is 5.36. The fourth-order valence-electron chi connectivity index (χ4n) is 2.43. The number of benzene rings is 1. The summed E-state index contributed by atoms with van der Waals surface area (Å²) in [6.45, 7) is 1.88. The lowest BCUT2D eigenvalue weighted by atomic mass is 10.1. The molecule has 1 aliphatic rings. The summed E-state index contributed by atoms with van der Waals surface area (Å²) in [5.41, 5.74) is 0.320. The Morgan fingerprint density at radius 3 is 2.86 bits per heavy atom. The van der Waals surface area contributed by atoms with Crippen LogP contribution in [0.5, 0.6) is 0 Å². The molecule has 1 aromatic rings. The van der Waals surface area contributed by atoms with E-state index in [4.69, 9.17) is 9.88 Å². The molecule has 0 spiro atoms. The zero-order valence-corrected chi connectivity index (χ0v) is 14.0. The highest BCUT2D eigenvalue weighted by atomic mass is 79.9. The molecular formula is C13H17BrN2O4S. The third kappa shape index (κ3) is 3.82. The zero-order chi connectivity index (χ0) is 15.6. The van der Waals surface area contributed by atoms with Gasteiger partial charge in [-0.3, -0.25) is 4.79 Å². The van der Waals surface area contributed by atoms with E-state index in [1.807, 2.05) is 0 Å². The van der Waals surface area contributed by atoms with Crippen LogP contribution in [0.15, 0.2) is 27.6 Å². The summed E-state index contributed by atoms with van der Waals surface area (Å²) < 4.78 is 28.4. The van der Waals surface area contributed by atoms with Gasteiger partial charge in [-0.15, -0.1) is 0 Å². The first-order chi connectivity index (χ1) is 9.82. The van der Waals surface area contributed by atoms with E-state index in [2.05, 4.69) is 15.9 Å². The van der Waals surface area contributed by atoms with Crippen molar-refractivity contribution in [3.63, 3.8) is 0 Å². The van der Waals surface area contributed by atoms with Crippen LogP contribution in [-0.4, -0.2) is 46.0 Å². The van der Waals surface area contributed by atoms with Gasteiger partial charge in [-0.1, -0.05) is 0 Å². The van der Waals surface area contributed by atoms with Gasteiger partial charge in [0.15, 0.2) is 0 Å². The van der Waals surface area contributed by atoms with E-state index in [1.165, 1.54) is 12.1 Å². The first kappa shape index (κ1) is 16.4. The number of rotatable bonds is 4. The van der Waals surface area contributed by atoms with Crippen LogP contribution in [0, 0.1) is 5.92 Å². The van der Waals surface area contributed by atoms with Crippen molar-refractivity contribution in [3.05, 3.63) is 28.2 Å². The van der Waals surface area contributed by atoms with E-state index in [1.54, 1.807) is 18.1 Å². The van der Waals surface area contributed by atoms with Gasteiger partial charge in [0.2, 0.25) is 10.0 Å². The molecule has 8 heteroatoms. The summed E-state index contributed by atoms with van der Waals surface area (Å²) in [7, 11) is -2.23. The highest BCUT2D eigenvalue weighted by molar-refractivity contribution is 9.10. The second-order valence-electron chi connectivity index (χ2n) is 5.05. The first-order valence-corrected chi connectivity index (χ1v) is 8.77. The summed E-state index contributed by atoms with van der Waals surface area (Å²) >= 11 is 3.13. The predicted molar refractivity (Wildman–Crippen MR) is 81.4 cm³/mol. The number of hydrogen-bond donors (Lipinski definition) is 1. The summed E-state index contributed by atoms with van der Waals surface area (Å²) in [6.07, 6.45) is 0.887. The molecule has 21 heavy (non-hydrogen) atoms. The molecule has 1 fully saturated rings. The highest BCUT2D eigenvalue weighted by Gasteiger charge is 2.27. The fourth-order valence-corrected chi connectivity index (χ4v) is 3.98. The van der Waals surface area contributed by atoms with Crippen molar-refractivity contribution >= 4 is 31.9 Å². The van der Waals surface area contributed by atoms with E-state index >= 15 is 0 Å². The lowest BCUT2D eigenvalue weighted by Crippen LogP contribution is -2.29. The first-order valence-electron chi connectivity index (χ1n) is 6.43. The number of methoxy groups -OCH3 is 1. The molecule has 1 heterocycles. The van der Waals surface area contributed by atoms with Gasteiger partial charge in [-0.25, -0.2) is 13.6 Å². The van der Waals surface area contributed by atoms with Crippen molar-refractivity contribution < 1.29 is 17.9 Å². The topological polar surface area (TPSA) is 89.7 Å². The maximum absolute atomic E-state index is 12.4. The van der Waals surface area contributed by atoms with Crippen LogP contribution >= 0.6 is 15.9 Å². The second kappa shape index (κ2) is 6.43. The molecule has 1 unspecified atom stereocenters. The number of hydrogen-bond acceptors (Lipinski definition) is 4. The monoisotopic (exact) mass is 376 g/mol. The fraction of sp³-hybridized carbons (Fsp3) is 0.462. The molecule has 0 bridgehead atoms. The van der Waals surface area contributed by atoms with Gasteiger partial charge in [0, 0.05) is 36.2 Å². The highest BCUT2D eigenvalue weighted by Crippen LogP contribution is 2.24. The Balaban J connectivity index is 2.21. The maximum Gasteiger partial charge on any atom is 0.253 e. The largest absolute Gasteiger partial charge is 0.384 e. The number of nitrogens with two attached hydrogens (primary N) is 1. The number of carbonyl (C=O) groups excluding carboxylic acids is 1. The van der Waals surface area contributed by atoms with Crippen molar-refractivity contribution in [3.8, 4) is 0 Å². The van der Waals surface area contributed by atoms with Gasteiger partial charge < -0.3 is 9.64 Å². The smallest absolute Gasteiger partial charge is 0.253 e. The molecule has 6 nitrogen and oxygen atoms in total. The third-order valence-electron chi connectivity index (χ3n) is 3.46. The Bertz CT molecular complexity index is 648. The van der Waals surface area contributed by atoms with E-state index in [0.717, 1.165) is 6.42 Å². The molecule has 1 aliphatic heterocycles. The van der Waals surface area contributed by atoms with Gasteiger partial charge in [0.1, 0.15) is 0 Å². The van der Waals surface area contributed by atoms with Crippen molar-refractivity contribution in [2.45, 2.75) is 11.3 Å². The van der Waals surface area contributed by atoms with Crippen LogP contribution < -0.4 is 5.14 Å². The van der Waals surface area contributed by atoms with E-state index in [9.17, 15) is 13.2 Å². The zero-order valence-electron chi connectivity index (χ0n) is 11.6. The number of nitrogens with zero attached hydrogens (tertiary/aromatic N) is 1. The molecule has 1 amide bonds. The maximum atomic E-state index is 12.4. The molecule has 116 valence electrons. The molecule has 1 atom stereocenters. The average molecular weight is 377 g/mol. The number of carbonyl (C=O) groups is 1. The Kier molecular flexibility index (Phi) is 5.03. The number of amides is 1. The molecule has 0 saturated carbocycles. The van der Waals surface area contributed by atoms with Crippen LogP contribution in [0.4, 0.5) is 0 Å². The van der Waals surface area contributed by atoms with Gasteiger partial charge in [-0.2, -0.15) is 0 Å². The van der Waals surface area contributed by atoms with Crippen LogP contribution in [0.2, 0.25) is 0 Å². The Morgan fingerprint density at radius 2 is 2.24 bits per heavy atom. The molecule has 0 aromatic heterocycles. The predicted octanol–water partition coefficient (Wildman–Crippen LogP) is 1.21. The lowest BCUT2D eigenvalue weighted by Gasteiger charge is -2.17. The van der Waals surface area contributed by atoms with Gasteiger partial charge in [0.25, 0.3) is 5.91 Å².